The maximum absolute atomic E-state index is 12.6. The lowest BCUT2D eigenvalue weighted by atomic mass is 9.85. The molecule has 1 aromatic rings. The van der Waals surface area contributed by atoms with E-state index in [9.17, 15) is 17.6 Å². The van der Waals surface area contributed by atoms with Crippen LogP contribution in [-0.4, -0.2) is 30.5 Å². The second-order valence-corrected chi connectivity index (χ2v) is 5.74. The lowest BCUT2D eigenvalue weighted by Gasteiger charge is -2.23. The Morgan fingerprint density at radius 1 is 1.45 bits per heavy atom. The summed E-state index contributed by atoms with van der Waals surface area (Å²) in [5.74, 6) is -4.13. The summed E-state index contributed by atoms with van der Waals surface area (Å²) in [4.78, 5) is 4.27. The molecule has 1 rings (SSSR count). The molecule has 1 heterocycles. The van der Waals surface area contributed by atoms with Crippen molar-refractivity contribution in [3.8, 4) is 0 Å². The molecule has 1 atom stereocenters. The maximum Gasteiger partial charge on any atom is 0.330 e. The number of nitrogens with two attached hydrogens (primary N) is 1. The van der Waals surface area contributed by atoms with Crippen LogP contribution in [0.2, 0.25) is 0 Å². The average molecular weight is 314 g/mol. The predicted octanol–water partition coefficient (Wildman–Crippen LogP) is 3.19. The van der Waals surface area contributed by atoms with Gasteiger partial charge in [-0.2, -0.15) is 8.78 Å². The third-order valence-corrected chi connectivity index (χ3v) is 4.06. The van der Waals surface area contributed by atoms with Gasteiger partial charge in [0.15, 0.2) is 0 Å². The van der Waals surface area contributed by atoms with E-state index >= 15 is 0 Å². The molecule has 0 aliphatic carbocycles. The van der Waals surface area contributed by atoms with Crippen LogP contribution >= 0.6 is 11.3 Å². The molecule has 20 heavy (non-hydrogen) atoms. The minimum absolute atomic E-state index is 0.211. The fraction of sp³-hybridized carbons (Fsp3) is 0.750. The topological polar surface area (TPSA) is 48.1 Å². The Bertz CT molecular complexity index is 421. The van der Waals surface area contributed by atoms with E-state index in [1.54, 1.807) is 5.38 Å². The van der Waals surface area contributed by atoms with Crippen LogP contribution in [0, 0.1) is 0 Å². The summed E-state index contributed by atoms with van der Waals surface area (Å²) in [6.45, 7) is 2.82. The number of ether oxygens (including phenoxy) is 1. The molecular formula is C12H18F4N2OS. The predicted molar refractivity (Wildman–Crippen MR) is 69.4 cm³/mol. The van der Waals surface area contributed by atoms with Crippen molar-refractivity contribution in [2.45, 2.75) is 44.6 Å². The van der Waals surface area contributed by atoms with E-state index in [-0.39, 0.29) is 12.0 Å². The molecule has 0 saturated heterocycles. The van der Waals surface area contributed by atoms with Gasteiger partial charge in [-0.1, -0.05) is 13.8 Å². The van der Waals surface area contributed by atoms with E-state index in [0.717, 1.165) is 12.1 Å². The van der Waals surface area contributed by atoms with Crippen LogP contribution in [0.5, 0.6) is 0 Å². The van der Waals surface area contributed by atoms with Crippen LogP contribution in [-0.2, 0) is 16.8 Å². The Kier molecular flexibility index (Phi) is 5.91. The first-order chi connectivity index (χ1) is 9.25. The van der Waals surface area contributed by atoms with Crippen molar-refractivity contribution < 1.29 is 22.3 Å². The number of hydrogen-bond acceptors (Lipinski definition) is 4. The number of hydrogen-bond donors (Lipinski definition) is 1. The van der Waals surface area contributed by atoms with Crippen molar-refractivity contribution in [3.63, 3.8) is 0 Å². The van der Waals surface area contributed by atoms with Crippen molar-refractivity contribution in [2.75, 3.05) is 13.2 Å². The zero-order valence-corrected chi connectivity index (χ0v) is 12.2. The van der Waals surface area contributed by atoms with Crippen LogP contribution in [0.25, 0.3) is 0 Å². The normalized spacial score (nSPS) is 15.6. The van der Waals surface area contributed by atoms with Crippen molar-refractivity contribution >= 4 is 11.3 Å². The minimum atomic E-state index is -4.13. The van der Waals surface area contributed by atoms with Crippen LogP contribution in [0.4, 0.5) is 17.6 Å². The van der Waals surface area contributed by atoms with Gasteiger partial charge < -0.3 is 10.5 Å². The second-order valence-electron chi connectivity index (χ2n) is 4.80. The molecule has 0 aromatic carbocycles. The number of alkyl halides is 4. The zero-order valence-electron chi connectivity index (χ0n) is 11.3. The zero-order chi connectivity index (χ0) is 15.4. The number of rotatable bonds is 8. The molecule has 0 aliphatic heterocycles. The Balaban J connectivity index is 2.58. The van der Waals surface area contributed by atoms with Gasteiger partial charge in [-0.3, -0.25) is 0 Å². The third-order valence-electron chi connectivity index (χ3n) is 3.24. The van der Waals surface area contributed by atoms with Gasteiger partial charge in [0.25, 0.3) is 0 Å². The molecule has 0 radical (unpaired) electrons. The summed E-state index contributed by atoms with van der Waals surface area (Å²) < 4.78 is 53.8. The average Bonchev–Trinajstić information content (AvgIpc) is 2.86. The van der Waals surface area contributed by atoms with E-state index in [0.29, 0.717) is 11.6 Å². The Morgan fingerprint density at radius 2 is 2.10 bits per heavy atom. The highest BCUT2D eigenvalue weighted by molar-refractivity contribution is 7.09. The molecule has 3 nitrogen and oxygen atoms in total. The summed E-state index contributed by atoms with van der Waals surface area (Å²) in [6.07, 6.45) is -2.94. The highest BCUT2D eigenvalue weighted by atomic mass is 32.1. The van der Waals surface area contributed by atoms with E-state index in [1.807, 2.05) is 13.8 Å². The SMILES string of the molecule is CCC(C)(CN)c1csc(COCC(F)(F)C(F)F)n1. The molecule has 8 heteroatoms. The molecule has 0 aliphatic rings. The second kappa shape index (κ2) is 6.82. The molecule has 0 amide bonds. The van der Waals surface area contributed by atoms with Gasteiger partial charge >= 0.3 is 12.3 Å². The van der Waals surface area contributed by atoms with Gasteiger partial charge in [0, 0.05) is 17.3 Å². The van der Waals surface area contributed by atoms with Crippen molar-refractivity contribution in [1.29, 1.82) is 0 Å². The number of halogens is 4. The summed E-state index contributed by atoms with van der Waals surface area (Å²) in [6, 6.07) is 0. The standard InChI is InChI=1S/C12H18F4N2OS/c1-3-11(2,6-17)8-5-20-9(18-8)4-19-7-12(15,16)10(13)14/h5,10H,3-4,6-7,17H2,1-2H3. The van der Waals surface area contributed by atoms with Gasteiger partial charge in [-0.15, -0.1) is 11.3 Å². The van der Waals surface area contributed by atoms with E-state index in [1.165, 1.54) is 11.3 Å². The smallest absolute Gasteiger partial charge is 0.330 e. The van der Waals surface area contributed by atoms with Gasteiger partial charge in [-0.25, -0.2) is 13.8 Å². The van der Waals surface area contributed by atoms with E-state index in [4.69, 9.17) is 5.73 Å². The highest BCUT2D eigenvalue weighted by Crippen LogP contribution is 2.28. The van der Waals surface area contributed by atoms with E-state index in [2.05, 4.69) is 9.72 Å². The molecule has 116 valence electrons. The number of aromatic nitrogens is 1. The summed E-state index contributed by atoms with van der Waals surface area (Å²) in [5, 5.41) is 2.26. The molecule has 0 saturated carbocycles. The Morgan fingerprint density at radius 3 is 2.60 bits per heavy atom. The molecular weight excluding hydrogens is 296 g/mol. The van der Waals surface area contributed by atoms with Gasteiger partial charge in [-0.05, 0) is 6.42 Å². The molecule has 1 aromatic heterocycles. The first kappa shape index (κ1) is 17.3. The third kappa shape index (κ3) is 4.13. The lowest BCUT2D eigenvalue weighted by molar-refractivity contribution is -0.168. The minimum Gasteiger partial charge on any atom is -0.368 e. The Labute approximate surface area is 119 Å². The maximum atomic E-state index is 12.6. The van der Waals surface area contributed by atoms with Crippen LogP contribution in [0.15, 0.2) is 5.38 Å². The molecule has 0 bridgehead atoms. The molecule has 0 fully saturated rings. The van der Waals surface area contributed by atoms with Crippen molar-refractivity contribution in [2.24, 2.45) is 5.73 Å². The monoisotopic (exact) mass is 314 g/mol. The summed E-state index contributed by atoms with van der Waals surface area (Å²) >= 11 is 1.24. The van der Waals surface area contributed by atoms with Crippen LogP contribution in [0.3, 0.4) is 0 Å². The fourth-order valence-electron chi connectivity index (χ4n) is 1.42. The largest absolute Gasteiger partial charge is 0.368 e. The van der Waals surface area contributed by atoms with Crippen LogP contribution < -0.4 is 5.73 Å². The van der Waals surface area contributed by atoms with E-state index < -0.39 is 19.0 Å². The van der Waals surface area contributed by atoms with Crippen molar-refractivity contribution in [1.82, 2.24) is 4.98 Å². The van der Waals surface area contributed by atoms with Gasteiger partial charge in [0.05, 0.1) is 12.3 Å². The van der Waals surface area contributed by atoms with Crippen molar-refractivity contribution in [3.05, 3.63) is 16.1 Å². The molecule has 0 spiro atoms. The quantitative estimate of drug-likeness (QED) is 0.750. The highest BCUT2D eigenvalue weighted by Gasteiger charge is 2.41. The molecule has 2 N–H and O–H groups in total. The fourth-order valence-corrected chi connectivity index (χ4v) is 2.31. The first-order valence-corrected chi connectivity index (χ1v) is 7.02. The first-order valence-electron chi connectivity index (χ1n) is 6.14. The summed E-state index contributed by atoms with van der Waals surface area (Å²) in [7, 11) is 0. The van der Waals surface area contributed by atoms with Gasteiger partial charge in [0.2, 0.25) is 0 Å². The Hall–Kier alpha value is -0.730. The molecule has 1 unspecified atom stereocenters. The van der Waals surface area contributed by atoms with Crippen LogP contribution in [0.1, 0.15) is 31.0 Å². The lowest BCUT2D eigenvalue weighted by Crippen LogP contribution is -2.32. The van der Waals surface area contributed by atoms with Gasteiger partial charge in [0.1, 0.15) is 11.6 Å². The number of nitrogens with zero attached hydrogens (tertiary/aromatic N) is 1. The number of thiazole rings is 1. The summed E-state index contributed by atoms with van der Waals surface area (Å²) in [5.41, 5.74) is 6.19.